The van der Waals surface area contributed by atoms with Gasteiger partial charge in [0.25, 0.3) is 0 Å². The molecule has 0 aromatic heterocycles. The number of rotatable bonds is 6. The standard InChI is InChI=1S/C18H23NO2S/c1-4-15(3)17-9-11-18(12-10-17)22(20,21)19-13-16-7-5-14(2)6-8-16/h5-12,15,19H,4,13H2,1-3H3. The Bertz CT molecular complexity index is 704. The lowest BCUT2D eigenvalue weighted by molar-refractivity contribution is 0.581. The van der Waals surface area contributed by atoms with Crippen LogP contribution in [0.4, 0.5) is 0 Å². The van der Waals surface area contributed by atoms with Gasteiger partial charge in [0, 0.05) is 6.54 Å². The number of benzene rings is 2. The topological polar surface area (TPSA) is 46.2 Å². The third-order valence-electron chi connectivity index (χ3n) is 3.96. The second-order valence-corrected chi connectivity index (χ2v) is 7.46. The Labute approximate surface area is 133 Å². The number of hydrogen-bond acceptors (Lipinski definition) is 2. The van der Waals surface area contributed by atoms with E-state index in [0.29, 0.717) is 17.4 Å². The highest BCUT2D eigenvalue weighted by Gasteiger charge is 2.14. The Morgan fingerprint density at radius 1 is 1.00 bits per heavy atom. The fourth-order valence-corrected chi connectivity index (χ4v) is 3.20. The van der Waals surface area contributed by atoms with Crippen LogP contribution in [-0.4, -0.2) is 8.42 Å². The monoisotopic (exact) mass is 317 g/mol. The molecular weight excluding hydrogens is 294 g/mol. The van der Waals surface area contributed by atoms with Crippen LogP contribution in [-0.2, 0) is 16.6 Å². The molecule has 0 saturated heterocycles. The molecule has 0 spiro atoms. The van der Waals surface area contributed by atoms with Crippen molar-refractivity contribution in [3.05, 3.63) is 65.2 Å². The molecule has 2 aromatic carbocycles. The first kappa shape index (κ1) is 16.7. The molecule has 0 saturated carbocycles. The van der Waals surface area contributed by atoms with E-state index in [1.54, 1.807) is 12.1 Å². The molecule has 0 aliphatic rings. The number of sulfonamides is 1. The maximum atomic E-state index is 12.3. The van der Waals surface area contributed by atoms with Crippen molar-refractivity contribution < 1.29 is 8.42 Å². The summed E-state index contributed by atoms with van der Waals surface area (Å²) in [6.45, 7) is 6.57. The van der Waals surface area contributed by atoms with Crippen LogP contribution in [0.5, 0.6) is 0 Å². The Balaban J connectivity index is 2.08. The SMILES string of the molecule is CCC(C)c1ccc(S(=O)(=O)NCc2ccc(C)cc2)cc1. The molecule has 0 amide bonds. The highest BCUT2D eigenvalue weighted by molar-refractivity contribution is 7.89. The van der Waals surface area contributed by atoms with Crippen molar-refractivity contribution >= 4 is 10.0 Å². The van der Waals surface area contributed by atoms with Crippen LogP contribution in [0, 0.1) is 6.92 Å². The normalized spacial score (nSPS) is 13.0. The predicted octanol–water partition coefficient (Wildman–Crippen LogP) is 3.99. The molecule has 0 aliphatic carbocycles. The molecule has 4 heteroatoms. The van der Waals surface area contributed by atoms with Crippen molar-refractivity contribution in [3.63, 3.8) is 0 Å². The fourth-order valence-electron chi connectivity index (χ4n) is 2.18. The van der Waals surface area contributed by atoms with Gasteiger partial charge < -0.3 is 0 Å². The predicted molar refractivity (Wildman–Crippen MR) is 90.4 cm³/mol. The Kier molecular flexibility index (Phi) is 5.37. The van der Waals surface area contributed by atoms with E-state index in [1.165, 1.54) is 5.56 Å². The van der Waals surface area contributed by atoms with Crippen LogP contribution in [0.1, 0.15) is 42.9 Å². The summed E-state index contributed by atoms with van der Waals surface area (Å²) in [7, 11) is -3.47. The molecular formula is C18H23NO2S. The molecule has 22 heavy (non-hydrogen) atoms. The van der Waals surface area contributed by atoms with Gasteiger partial charge >= 0.3 is 0 Å². The van der Waals surface area contributed by atoms with E-state index >= 15 is 0 Å². The van der Waals surface area contributed by atoms with E-state index in [2.05, 4.69) is 18.6 Å². The molecule has 2 rings (SSSR count). The number of hydrogen-bond donors (Lipinski definition) is 1. The van der Waals surface area contributed by atoms with E-state index in [0.717, 1.165) is 17.5 Å². The van der Waals surface area contributed by atoms with E-state index in [1.807, 2.05) is 43.3 Å². The van der Waals surface area contributed by atoms with Crippen LogP contribution < -0.4 is 4.72 Å². The van der Waals surface area contributed by atoms with E-state index in [-0.39, 0.29) is 0 Å². The van der Waals surface area contributed by atoms with Crippen LogP contribution in [0.2, 0.25) is 0 Å². The molecule has 0 heterocycles. The van der Waals surface area contributed by atoms with Crippen LogP contribution >= 0.6 is 0 Å². The van der Waals surface area contributed by atoms with Gasteiger partial charge in [-0.15, -0.1) is 0 Å². The second kappa shape index (κ2) is 7.07. The molecule has 118 valence electrons. The molecule has 2 aromatic rings. The molecule has 0 radical (unpaired) electrons. The Hall–Kier alpha value is -1.65. The maximum absolute atomic E-state index is 12.3. The van der Waals surface area contributed by atoms with Crippen molar-refractivity contribution in [2.75, 3.05) is 0 Å². The van der Waals surface area contributed by atoms with E-state index < -0.39 is 10.0 Å². The summed E-state index contributed by atoms with van der Waals surface area (Å²) in [6.07, 6.45) is 1.04. The highest BCUT2D eigenvalue weighted by atomic mass is 32.2. The molecule has 1 N–H and O–H groups in total. The van der Waals surface area contributed by atoms with Crippen LogP contribution in [0.25, 0.3) is 0 Å². The lowest BCUT2D eigenvalue weighted by atomic mass is 9.99. The Morgan fingerprint density at radius 3 is 2.14 bits per heavy atom. The summed E-state index contributed by atoms with van der Waals surface area (Å²) >= 11 is 0. The van der Waals surface area contributed by atoms with Gasteiger partial charge in [0.2, 0.25) is 10.0 Å². The largest absolute Gasteiger partial charge is 0.240 e. The third-order valence-corrected chi connectivity index (χ3v) is 5.38. The first-order valence-corrected chi connectivity index (χ1v) is 9.06. The van der Waals surface area contributed by atoms with Crippen molar-refractivity contribution in [1.29, 1.82) is 0 Å². The van der Waals surface area contributed by atoms with Gasteiger partial charge in [0.1, 0.15) is 0 Å². The Morgan fingerprint density at radius 2 is 1.59 bits per heavy atom. The van der Waals surface area contributed by atoms with Gasteiger partial charge in [-0.25, -0.2) is 13.1 Å². The van der Waals surface area contributed by atoms with Crippen molar-refractivity contribution in [1.82, 2.24) is 4.72 Å². The first-order chi connectivity index (χ1) is 10.4. The summed E-state index contributed by atoms with van der Waals surface area (Å²) in [6, 6.07) is 15.0. The zero-order valence-electron chi connectivity index (χ0n) is 13.3. The van der Waals surface area contributed by atoms with Crippen molar-refractivity contribution in [2.24, 2.45) is 0 Å². The van der Waals surface area contributed by atoms with Gasteiger partial charge in [-0.05, 0) is 42.5 Å². The minimum Gasteiger partial charge on any atom is -0.207 e. The molecule has 0 fully saturated rings. The number of nitrogens with one attached hydrogen (secondary N) is 1. The van der Waals surface area contributed by atoms with Crippen LogP contribution in [0.3, 0.4) is 0 Å². The molecule has 1 unspecified atom stereocenters. The van der Waals surface area contributed by atoms with Gasteiger partial charge in [-0.1, -0.05) is 55.8 Å². The summed E-state index contributed by atoms with van der Waals surface area (Å²) in [4.78, 5) is 0.312. The summed E-state index contributed by atoms with van der Waals surface area (Å²) in [5.41, 5.74) is 3.28. The first-order valence-electron chi connectivity index (χ1n) is 7.57. The minimum atomic E-state index is -3.47. The number of aryl methyl sites for hydroxylation is 1. The highest BCUT2D eigenvalue weighted by Crippen LogP contribution is 2.20. The lowest BCUT2D eigenvalue weighted by Crippen LogP contribution is -2.23. The van der Waals surface area contributed by atoms with Crippen molar-refractivity contribution in [2.45, 2.75) is 44.6 Å². The van der Waals surface area contributed by atoms with Crippen molar-refractivity contribution in [3.8, 4) is 0 Å². The molecule has 3 nitrogen and oxygen atoms in total. The molecule has 0 bridgehead atoms. The van der Waals surface area contributed by atoms with E-state index in [4.69, 9.17) is 0 Å². The van der Waals surface area contributed by atoms with Crippen LogP contribution in [0.15, 0.2) is 53.4 Å². The van der Waals surface area contributed by atoms with Gasteiger partial charge in [0.05, 0.1) is 4.90 Å². The average molecular weight is 317 g/mol. The summed E-state index contributed by atoms with van der Waals surface area (Å²) < 4.78 is 27.3. The molecule has 0 aliphatic heterocycles. The average Bonchev–Trinajstić information content (AvgIpc) is 2.54. The van der Waals surface area contributed by atoms with E-state index in [9.17, 15) is 8.42 Å². The zero-order valence-corrected chi connectivity index (χ0v) is 14.2. The van der Waals surface area contributed by atoms with Gasteiger partial charge in [-0.3, -0.25) is 0 Å². The second-order valence-electron chi connectivity index (χ2n) is 5.69. The lowest BCUT2D eigenvalue weighted by Gasteiger charge is -2.11. The summed E-state index contributed by atoms with van der Waals surface area (Å²) in [5, 5.41) is 0. The summed E-state index contributed by atoms with van der Waals surface area (Å²) in [5.74, 6) is 0.442. The minimum absolute atomic E-state index is 0.301. The molecule has 1 atom stereocenters. The smallest absolute Gasteiger partial charge is 0.207 e. The zero-order chi connectivity index (χ0) is 16.2. The van der Waals surface area contributed by atoms with Gasteiger partial charge in [-0.2, -0.15) is 0 Å². The fraction of sp³-hybridized carbons (Fsp3) is 0.333. The maximum Gasteiger partial charge on any atom is 0.240 e. The quantitative estimate of drug-likeness (QED) is 0.875. The van der Waals surface area contributed by atoms with Gasteiger partial charge in [0.15, 0.2) is 0 Å². The third kappa shape index (κ3) is 4.18.